The van der Waals surface area contributed by atoms with Crippen LogP contribution >= 0.6 is 15.9 Å². The van der Waals surface area contributed by atoms with Crippen molar-refractivity contribution in [2.24, 2.45) is 34.5 Å². The molecular weight excluding hydrogens is 456 g/mol. The smallest absolute Gasteiger partial charge is 0.306 e. The molecule has 0 aromatic rings. The first-order valence-electron chi connectivity index (χ1n) is 12.3. The average Bonchev–Trinajstić information content (AvgIpc) is 3.10. The largest absolute Gasteiger partial charge is 0.458 e. The topological polar surface area (TPSA) is 60.4 Å². The first-order chi connectivity index (χ1) is 14.8. The predicted molar refractivity (Wildman–Crippen MR) is 124 cm³/mol. The Morgan fingerprint density at radius 2 is 1.87 bits per heavy atom. The van der Waals surface area contributed by atoms with Crippen LogP contribution in [0.3, 0.4) is 0 Å². The number of halogens is 1. The SMILES string of the molecule is CC12CCC(=O)C=C1CCC1C2CCC2(C)C(C(=O)COC(=O)CCCCBr)CCC12. The minimum absolute atomic E-state index is 0.0199. The summed E-state index contributed by atoms with van der Waals surface area (Å²) in [7, 11) is 0. The number of carbonyl (C=O) groups excluding carboxylic acids is 3. The lowest BCUT2D eigenvalue weighted by Crippen LogP contribution is -2.51. The van der Waals surface area contributed by atoms with Gasteiger partial charge in [-0.1, -0.05) is 35.4 Å². The zero-order valence-electron chi connectivity index (χ0n) is 19.1. The van der Waals surface area contributed by atoms with Crippen molar-refractivity contribution < 1.29 is 19.1 Å². The van der Waals surface area contributed by atoms with Gasteiger partial charge >= 0.3 is 5.97 Å². The lowest BCUT2D eigenvalue weighted by atomic mass is 9.46. The summed E-state index contributed by atoms with van der Waals surface area (Å²) in [4.78, 5) is 37.1. The van der Waals surface area contributed by atoms with Gasteiger partial charge < -0.3 is 4.74 Å². The van der Waals surface area contributed by atoms with Gasteiger partial charge in [-0.3, -0.25) is 14.4 Å². The summed E-state index contributed by atoms with van der Waals surface area (Å²) in [5.74, 6) is 2.07. The van der Waals surface area contributed by atoms with E-state index in [0.29, 0.717) is 36.4 Å². The Hall–Kier alpha value is -0.970. The Balaban J connectivity index is 1.41. The number of unbranched alkanes of at least 4 members (excludes halogenated alkanes) is 1. The average molecular weight is 493 g/mol. The van der Waals surface area contributed by atoms with Gasteiger partial charge in [0, 0.05) is 24.1 Å². The maximum absolute atomic E-state index is 13.1. The number of ketones is 2. The van der Waals surface area contributed by atoms with E-state index < -0.39 is 0 Å². The molecule has 31 heavy (non-hydrogen) atoms. The zero-order chi connectivity index (χ0) is 22.2. The second-order valence-electron chi connectivity index (χ2n) is 10.9. The third-order valence-corrected chi connectivity index (χ3v) is 10.1. The third kappa shape index (κ3) is 4.20. The molecule has 4 rings (SSSR count). The number of Topliss-reactive ketones (excluding diaryl/α,β-unsaturated/α-hetero) is 1. The molecule has 0 radical (unpaired) electrons. The minimum Gasteiger partial charge on any atom is -0.458 e. The number of hydrogen-bond acceptors (Lipinski definition) is 4. The second kappa shape index (κ2) is 9.11. The molecule has 6 atom stereocenters. The van der Waals surface area contributed by atoms with Crippen LogP contribution in [0.5, 0.6) is 0 Å². The lowest BCUT2D eigenvalue weighted by molar-refractivity contribution is -0.151. The van der Waals surface area contributed by atoms with Crippen LogP contribution in [0.25, 0.3) is 0 Å². The van der Waals surface area contributed by atoms with Gasteiger partial charge in [0.1, 0.15) is 6.61 Å². The van der Waals surface area contributed by atoms with Gasteiger partial charge in [0.15, 0.2) is 11.6 Å². The van der Waals surface area contributed by atoms with Gasteiger partial charge in [-0.2, -0.15) is 0 Å². The number of hydrogen-bond donors (Lipinski definition) is 0. The fraction of sp³-hybridized carbons (Fsp3) is 0.808. The van der Waals surface area contributed by atoms with Gasteiger partial charge in [-0.15, -0.1) is 0 Å². The van der Waals surface area contributed by atoms with Gasteiger partial charge in [0.05, 0.1) is 0 Å². The molecule has 4 aliphatic carbocycles. The maximum atomic E-state index is 13.1. The van der Waals surface area contributed by atoms with E-state index in [0.717, 1.165) is 63.1 Å². The molecule has 172 valence electrons. The Labute approximate surface area is 195 Å². The summed E-state index contributed by atoms with van der Waals surface area (Å²) in [6, 6.07) is 0. The molecule has 0 bridgehead atoms. The summed E-state index contributed by atoms with van der Waals surface area (Å²) < 4.78 is 5.35. The van der Waals surface area contributed by atoms with Crippen molar-refractivity contribution in [1.82, 2.24) is 0 Å². The molecule has 3 saturated carbocycles. The third-order valence-electron chi connectivity index (χ3n) is 9.49. The number of ether oxygens (including phenoxy) is 1. The lowest BCUT2D eigenvalue weighted by Gasteiger charge is -2.58. The van der Waals surface area contributed by atoms with Crippen molar-refractivity contribution in [1.29, 1.82) is 0 Å². The molecule has 0 spiro atoms. The van der Waals surface area contributed by atoms with Crippen LogP contribution in [0.15, 0.2) is 11.6 Å². The Morgan fingerprint density at radius 3 is 2.65 bits per heavy atom. The van der Waals surface area contributed by atoms with Crippen molar-refractivity contribution in [3.8, 4) is 0 Å². The monoisotopic (exact) mass is 492 g/mol. The molecule has 4 aliphatic rings. The molecule has 0 aliphatic heterocycles. The van der Waals surface area contributed by atoms with Crippen LogP contribution < -0.4 is 0 Å². The van der Waals surface area contributed by atoms with Crippen LogP contribution in [-0.2, 0) is 19.1 Å². The molecule has 0 aromatic heterocycles. The van der Waals surface area contributed by atoms with E-state index in [1.165, 1.54) is 5.57 Å². The summed E-state index contributed by atoms with van der Waals surface area (Å²) >= 11 is 3.37. The zero-order valence-corrected chi connectivity index (χ0v) is 20.7. The quantitative estimate of drug-likeness (QED) is 0.255. The van der Waals surface area contributed by atoms with E-state index in [9.17, 15) is 14.4 Å². The van der Waals surface area contributed by atoms with Gasteiger partial charge in [0.25, 0.3) is 0 Å². The summed E-state index contributed by atoms with van der Waals surface area (Å²) in [5.41, 5.74) is 1.60. The predicted octanol–water partition coefficient (Wildman–Crippen LogP) is 5.81. The highest BCUT2D eigenvalue weighted by atomic mass is 79.9. The van der Waals surface area contributed by atoms with E-state index in [1.54, 1.807) is 0 Å². The summed E-state index contributed by atoms with van der Waals surface area (Å²) in [6.45, 7) is 4.68. The van der Waals surface area contributed by atoms with Crippen molar-refractivity contribution in [3.63, 3.8) is 0 Å². The van der Waals surface area contributed by atoms with Crippen LogP contribution in [0, 0.1) is 34.5 Å². The van der Waals surface area contributed by atoms with Crippen molar-refractivity contribution in [2.75, 3.05) is 11.9 Å². The van der Waals surface area contributed by atoms with Crippen LogP contribution in [0.4, 0.5) is 0 Å². The Morgan fingerprint density at radius 1 is 1.06 bits per heavy atom. The van der Waals surface area contributed by atoms with Crippen molar-refractivity contribution >= 4 is 33.5 Å². The molecule has 0 aromatic carbocycles. The number of fused-ring (bicyclic) bond motifs is 5. The van der Waals surface area contributed by atoms with E-state index in [2.05, 4.69) is 29.8 Å². The summed E-state index contributed by atoms with van der Waals surface area (Å²) in [6.07, 6.45) is 12.2. The Bertz CT molecular complexity index is 773. The van der Waals surface area contributed by atoms with Gasteiger partial charge in [-0.25, -0.2) is 0 Å². The van der Waals surface area contributed by atoms with E-state index in [-0.39, 0.29) is 35.1 Å². The highest BCUT2D eigenvalue weighted by molar-refractivity contribution is 9.09. The molecule has 0 amide bonds. The van der Waals surface area contributed by atoms with Gasteiger partial charge in [-0.05, 0) is 92.4 Å². The highest BCUT2D eigenvalue weighted by Gasteiger charge is 2.60. The standard InChI is InChI=1S/C26H37BrO4/c1-25-12-10-18(28)15-17(25)6-7-19-20-8-9-22(26(20,2)13-11-21(19)25)23(29)16-31-24(30)5-3-4-14-27/h15,19-22H,3-14,16H2,1-2H3. The number of carbonyl (C=O) groups is 3. The second-order valence-corrected chi connectivity index (χ2v) is 11.7. The molecule has 0 saturated heterocycles. The molecular formula is C26H37BrO4. The maximum Gasteiger partial charge on any atom is 0.306 e. The number of esters is 1. The molecule has 4 nitrogen and oxygen atoms in total. The first kappa shape index (κ1) is 23.2. The molecule has 3 fully saturated rings. The molecule has 0 heterocycles. The van der Waals surface area contributed by atoms with Crippen molar-refractivity contribution in [3.05, 3.63) is 11.6 Å². The summed E-state index contributed by atoms with van der Waals surface area (Å²) in [5, 5.41) is 0.885. The van der Waals surface area contributed by atoms with Crippen LogP contribution in [0.1, 0.15) is 84.5 Å². The minimum atomic E-state index is -0.246. The number of alkyl halides is 1. The highest BCUT2D eigenvalue weighted by Crippen LogP contribution is 2.66. The van der Waals surface area contributed by atoms with E-state index in [4.69, 9.17) is 4.74 Å². The fourth-order valence-electron chi connectivity index (χ4n) is 7.78. The molecule has 5 heteroatoms. The van der Waals surface area contributed by atoms with Crippen molar-refractivity contribution in [2.45, 2.75) is 84.5 Å². The normalized spacial score (nSPS) is 39.2. The van der Waals surface area contributed by atoms with E-state index >= 15 is 0 Å². The van der Waals surface area contributed by atoms with Gasteiger partial charge in [0.2, 0.25) is 0 Å². The number of allylic oxidation sites excluding steroid dienone is 1. The number of rotatable bonds is 7. The molecule has 0 N–H and O–H groups in total. The van der Waals surface area contributed by atoms with Crippen LogP contribution in [0.2, 0.25) is 0 Å². The van der Waals surface area contributed by atoms with E-state index in [1.807, 2.05) is 6.08 Å². The van der Waals surface area contributed by atoms with Crippen LogP contribution in [-0.4, -0.2) is 29.5 Å². The fourth-order valence-corrected chi connectivity index (χ4v) is 8.17. The molecule has 6 unspecified atom stereocenters. The first-order valence-corrected chi connectivity index (χ1v) is 13.4. The Kier molecular flexibility index (Phi) is 6.82.